The molecular weight excluding hydrogens is 265 g/mol. The first kappa shape index (κ1) is 12.9. The van der Waals surface area contributed by atoms with Gasteiger partial charge >= 0.3 is 0 Å². The van der Waals surface area contributed by atoms with Crippen molar-refractivity contribution in [3.63, 3.8) is 0 Å². The fourth-order valence-electron chi connectivity index (χ4n) is 2.08. The summed E-state index contributed by atoms with van der Waals surface area (Å²) in [5, 5.41) is 17.0. The number of hydrogen-bond donors (Lipinski definition) is 0. The maximum Gasteiger partial charge on any atom is 0.123 e. The summed E-state index contributed by atoms with van der Waals surface area (Å²) in [5.74, 6) is -0.314. The summed E-state index contributed by atoms with van der Waals surface area (Å²) in [6, 6.07) is 17.4. The van der Waals surface area contributed by atoms with Crippen LogP contribution < -0.4 is 0 Å². The number of nitrogens with zero attached hydrogens (tertiary/aromatic N) is 3. The lowest BCUT2D eigenvalue weighted by molar-refractivity contribution is 0.628. The molecule has 0 saturated carbocycles. The van der Waals surface area contributed by atoms with Crippen LogP contribution in [0.3, 0.4) is 0 Å². The molecule has 0 atom stereocenters. The van der Waals surface area contributed by atoms with Crippen LogP contribution in [0.5, 0.6) is 0 Å². The highest BCUT2D eigenvalue weighted by atomic mass is 19.1. The van der Waals surface area contributed by atoms with Gasteiger partial charge in [-0.3, -0.25) is 0 Å². The topological polar surface area (TPSA) is 49.6 Å². The first-order valence-electron chi connectivity index (χ1n) is 6.35. The molecule has 0 spiro atoms. The normalized spacial score (nSPS) is 10.1. The Morgan fingerprint density at radius 3 is 2.52 bits per heavy atom. The highest BCUT2D eigenvalue weighted by Crippen LogP contribution is 2.24. The van der Waals surface area contributed by atoms with Gasteiger partial charge in [0.1, 0.15) is 5.82 Å². The van der Waals surface area contributed by atoms with Crippen molar-refractivity contribution in [2.24, 2.45) is 0 Å². The second kappa shape index (κ2) is 5.51. The summed E-state index contributed by atoms with van der Waals surface area (Å²) in [6.07, 6.45) is 1.62. The zero-order chi connectivity index (χ0) is 14.7. The van der Waals surface area contributed by atoms with Crippen molar-refractivity contribution in [3.05, 3.63) is 72.2 Å². The van der Waals surface area contributed by atoms with E-state index in [9.17, 15) is 4.39 Å². The highest BCUT2D eigenvalue weighted by molar-refractivity contribution is 5.70. The number of hydrogen-bond acceptors (Lipinski definition) is 3. The molecule has 0 fully saturated rings. The van der Waals surface area contributed by atoms with E-state index in [1.807, 2.05) is 18.2 Å². The number of halogens is 1. The van der Waals surface area contributed by atoms with Gasteiger partial charge in [0.05, 0.1) is 23.5 Å². The molecule has 1 aromatic heterocycles. The molecule has 0 aliphatic carbocycles. The molecule has 0 aliphatic rings. The first-order chi connectivity index (χ1) is 10.3. The Morgan fingerprint density at radius 2 is 1.71 bits per heavy atom. The monoisotopic (exact) mass is 275 g/mol. The third-order valence-electron chi connectivity index (χ3n) is 3.10. The fraction of sp³-hybridized carbons (Fsp3) is 0. The number of aromatic nitrogens is 2. The number of rotatable bonds is 2. The van der Waals surface area contributed by atoms with Crippen LogP contribution in [0, 0.1) is 17.1 Å². The lowest BCUT2D eigenvalue weighted by Gasteiger charge is -2.04. The molecule has 0 N–H and O–H groups in total. The van der Waals surface area contributed by atoms with E-state index < -0.39 is 0 Å². The third-order valence-corrected chi connectivity index (χ3v) is 3.10. The molecule has 4 heteroatoms. The van der Waals surface area contributed by atoms with E-state index in [1.165, 1.54) is 12.1 Å². The Morgan fingerprint density at radius 1 is 0.905 bits per heavy atom. The Labute approximate surface area is 121 Å². The Hall–Kier alpha value is -3.06. The first-order valence-corrected chi connectivity index (χ1v) is 6.35. The van der Waals surface area contributed by atoms with Crippen LogP contribution in [0.1, 0.15) is 5.56 Å². The predicted molar refractivity (Wildman–Crippen MR) is 77.6 cm³/mol. The van der Waals surface area contributed by atoms with Crippen molar-refractivity contribution in [1.29, 1.82) is 5.26 Å². The zero-order valence-electron chi connectivity index (χ0n) is 11.0. The van der Waals surface area contributed by atoms with E-state index in [2.05, 4.69) is 16.3 Å². The SMILES string of the molecule is N#Cc1cccc(-c2cnnc(-c3cccc(F)c3)c2)c1. The van der Waals surface area contributed by atoms with Crippen molar-refractivity contribution in [3.8, 4) is 28.5 Å². The maximum atomic E-state index is 13.3. The average Bonchev–Trinajstić information content (AvgIpc) is 2.55. The average molecular weight is 275 g/mol. The van der Waals surface area contributed by atoms with E-state index in [1.54, 1.807) is 30.5 Å². The molecule has 3 nitrogen and oxygen atoms in total. The molecule has 0 aliphatic heterocycles. The van der Waals surface area contributed by atoms with Crippen LogP contribution in [-0.2, 0) is 0 Å². The molecule has 0 saturated heterocycles. The quantitative estimate of drug-likeness (QED) is 0.714. The minimum Gasteiger partial charge on any atom is -0.207 e. The van der Waals surface area contributed by atoms with Crippen molar-refractivity contribution < 1.29 is 4.39 Å². The van der Waals surface area contributed by atoms with Crippen LogP contribution in [0.4, 0.5) is 4.39 Å². The van der Waals surface area contributed by atoms with E-state index in [4.69, 9.17) is 5.26 Å². The van der Waals surface area contributed by atoms with Crippen LogP contribution in [-0.4, -0.2) is 10.2 Å². The van der Waals surface area contributed by atoms with Gasteiger partial charge in [0.25, 0.3) is 0 Å². The molecule has 3 aromatic rings. The molecule has 21 heavy (non-hydrogen) atoms. The summed E-state index contributed by atoms with van der Waals surface area (Å²) in [5.41, 5.74) is 3.55. The third kappa shape index (κ3) is 2.77. The minimum atomic E-state index is -0.314. The van der Waals surface area contributed by atoms with Crippen molar-refractivity contribution in [2.45, 2.75) is 0 Å². The molecule has 2 aromatic carbocycles. The Bertz CT molecular complexity index is 837. The largest absolute Gasteiger partial charge is 0.207 e. The van der Waals surface area contributed by atoms with Gasteiger partial charge in [0.15, 0.2) is 0 Å². The van der Waals surface area contributed by atoms with Gasteiger partial charge in [-0.25, -0.2) is 4.39 Å². The lowest BCUT2D eigenvalue weighted by Crippen LogP contribution is -1.90. The molecule has 0 bridgehead atoms. The van der Waals surface area contributed by atoms with Gasteiger partial charge in [0.2, 0.25) is 0 Å². The highest BCUT2D eigenvalue weighted by Gasteiger charge is 2.05. The summed E-state index contributed by atoms with van der Waals surface area (Å²) in [4.78, 5) is 0. The summed E-state index contributed by atoms with van der Waals surface area (Å²) < 4.78 is 13.3. The smallest absolute Gasteiger partial charge is 0.123 e. The number of benzene rings is 2. The van der Waals surface area contributed by atoms with Gasteiger partial charge in [-0.15, -0.1) is 0 Å². The van der Waals surface area contributed by atoms with E-state index in [0.29, 0.717) is 16.8 Å². The van der Waals surface area contributed by atoms with Gasteiger partial charge in [-0.1, -0.05) is 24.3 Å². The molecule has 0 amide bonds. The maximum absolute atomic E-state index is 13.3. The summed E-state index contributed by atoms with van der Waals surface area (Å²) in [6.45, 7) is 0. The molecular formula is C17H10FN3. The van der Waals surface area contributed by atoms with Gasteiger partial charge in [-0.05, 0) is 35.9 Å². The van der Waals surface area contributed by atoms with Crippen LogP contribution in [0.15, 0.2) is 60.8 Å². The van der Waals surface area contributed by atoms with E-state index >= 15 is 0 Å². The van der Waals surface area contributed by atoms with Crippen LogP contribution in [0.2, 0.25) is 0 Å². The second-order valence-electron chi connectivity index (χ2n) is 4.53. The predicted octanol–water partition coefficient (Wildman–Crippen LogP) is 3.82. The molecule has 0 unspecified atom stereocenters. The standard InChI is InChI=1S/C17H10FN3/c18-16-6-2-5-14(8-16)17-9-15(11-20-21-17)13-4-1-3-12(7-13)10-19/h1-9,11H. The van der Waals surface area contributed by atoms with Crippen LogP contribution >= 0.6 is 0 Å². The Balaban J connectivity index is 2.06. The summed E-state index contributed by atoms with van der Waals surface area (Å²) >= 11 is 0. The van der Waals surface area contributed by atoms with Crippen molar-refractivity contribution in [1.82, 2.24) is 10.2 Å². The van der Waals surface area contributed by atoms with Gasteiger partial charge < -0.3 is 0 Å². The molecule has 100 valence electrons. The number of nitriles is 1. The van der Waals surface area contributed by atoms with Gasteiger partial charge in [-0.2, -0.15) is 15.5 Å². The second-order valence-corrected chi connectivity index (χ2v) is 4.53. The molecule has 1 heterocycles. The van der Waals surface area contributed by atoms with E-state index in [0.717, 1.165) is 11.1 Å². The van der Waals surface area contributed by atoms with Crippen molar-refractivity contribution in [2.75, 3.05) is 0 Å². The van der Waals surface area contributed by atoms with Crippen molar-refractivity contribution >= 4 is 0 Å². The van der Waals surface area contributed by atoms with E-state index in [-0.39, 0.29) is 5.82 Å². The zero-order valence-corrected chi connectivity index (χ0v) is 11.0. The minimum absolute atomic E-state index is 0.314. The summed E-state index contributed by atoms with van der Waals surface area (Å²) in [7, 11) is 0. The Kier molecular flexibility index (Phi) is 3.40. The van der Waals surface area contributed by atoms with Gasteiger partial charge in [0, 0.05) is 11.1 Å². The molecule has 3 rings (SSSR count). The van der Waals surface area contributed by atoms with Crippen LogP contribution in [0.25, 0.3) is 22.4 Å². The molecule has 0 radical (unpaired) electrons. The fourth-order valence-corrected chi connectivity index (χ4v) is 2.08. The lowest BCUT2D eigenvalue weighted by atomic mass is 10.0.